The molecule has 2 heterocycles. The standard InChI is InChI=1S/C15H20N4O2/c1-6-12-11(8-18(4)17-12)13(20)7-14(21)15-9(2)16-19(5)10(15)3/h8H,6-7H2,1-5H3. The Bertz CT molecular complexity index is 710. The van der Waals surface area contributed by atoms with E-state index < -0.39 is 0 Å². The van der Waals surface area contributed by atoms with Crippen molar-refractivity contribution in [1.29, 1.82) is 0 Å². The van der Waals surface area contributed by atoms with E-state index in [-0.39, 0.29) is 18.0 Å². The van der Waals surface area contributed by atoms with E-state index in [9.17, 15) is 9.59 Å². The Morgan fingerprint density at radius 2 is 1.81 bits per heavy atom. The molecule has 0 aliphatic rings. The summed E-state index contributed by atoms with van der Waals surface area (Å²) in [5, 5.41) is 8.46. The number of carbonyl (C=O) groups is 2. The van der Waals surface area contributed by atoms with Gasteiger partial charge in [-0.1, -0.05) is 6.92 Å². The highest BCUT2D eigenvalue weighted by molar-refractivity contribution is 6.14. The van der Waals surface area contributed by atoms with Crippen LogP contribution in [-0.4, -0.2) is 31.1 Å². The van der Waals surface area contributed by atoms with Crippen molar-refractivity contribution in [2.75, 3.05) is 0 Å². The van der Waals surface area contributed by atoms with Crippen LogP contribution in [0.25, 0.3) is 0 Å². The van der Waals surface area contributed by atoms with Crippen LogP contribution in [0.15, 0.2) is 6.20 Å². The number of aryl methyl sites for hydroxylation is 4. The second kappa shape index (κ2) is 5.63. The van der Waals surface area contributed by atoms with Gasteiger partial charge >= 0.3 is 0 Å². The Morgan fingerprint density at radius 3 is 2.33 bits per heavy atom. The van der Waals surface area contributed by atoms with Crippen LogP contribution in [-0.2, 0) is 20.5 Å². The van der Waals surface area contributed by atoms with Crippen LogP contribution >= 0.6 is 0 Å². The van der Waals surface area contributed by atoms with Crippen molar-refractivity contribution in [2.45, 2.75) is 33.6 Å². The van der Waals surface area contributed by atoms with E-state index >= 15 is 0 Å². The Morgan fingerprint density at radius 1 is 1.14 bits per heavy atom. The smallest absolute Gasteiger partial charge is 0.174 e. The minimum absolute atomic E-state index is 0.147. The molecule has 6 nitrogen and oxygen atoms in total. The van der Waals surface area contributed by atoms with Gasteiger partial charge in [-0.25, -0.2) is 0 Å². The van der Waals surface area contributed by atoms with E-state index in [1.807, 2.05) is 13.8 Å². The summed E-state index contributed by atoms with van der Waals surface area (Å²) >= 11 is 0. The van der Waals surface area contributed by atoms with Crippen LogP contribution < -0.4 is 0 Å². The molecule has 0 spiro atoms. The van der Waals surface area contributed by atoms with Gasteiger partial charge < -0.3 is 0 Å². The highest BCUT2D eigenvalue weighted by Crippen LogP contribution is 2.17. The second-order valence-electron chi connectivity index (χ2n) is 5.21. The molecule has 2 aromatic rings. The largest absolute Gasteiger partial charge is 0.294 e. The lowest BCUT2D eigenvalue weighted by molar-refractivity contribution is 0.0893. The molecule has 0 radical (unpaired) electrons. The van der Waals surface area contributed by atoms with Gasteiger partial charge in [0.1, 0.15) is 0 Å². The van der Waals surface area contributed by atoms with Crippen LogP contribution in [0.1, 0.15) is 51.1 Å². The lowest BCUT2D eigenvalue weighted by atomic mass is 10.00. The van der Waals surface area contributed by atoms with Crippen molar-refractivity contribution in [3.05, 3.63) is 34.4 Å². The molecule has 0 saturated carbocycles. The van der Waals surface area contributed by atoms with E-state index in [2.05, 4.69) is 10.2 Å². The maximum absolute atomic E-state index is 12.4. The fraction of sp³-hybridized carbons (Fsp3) is 0.467. The molecule has 0 fully saturated rings. The highest BCUT2D eigenvalue weighted by atomic mass is 16.1. The van der Waals surface area contributed by atoms with Gasteiger partial charge in [-0.05, 0) is 20.3 Å². The Balaban J connectivity index is 2.25. The zero-order valence-electron chi connectivity index (χ0n) is 13.1. The fourth-order valence-electron chi connectivity index (χ4n) is 2.54. The first-order chi connectivity index (χ1) is 9.85. The molecule has 0 unspecified atom stereocenters. The van der Waals surface area contributed by atoms with Gasteiger partial charge in [-0.15, -0.1) is 0 Å². The van der Waals surface area contributed by atoms with Crippen molar-refractivity contribution in [1.82, 2.24) is 19.6 Å². The molecule has 0 saturated heterocycles. The Hall–Kier alpha value is -2.24. The van der Waals surface area contributed by atoms with Gasteiger partial charge in [-0.3, -0.25) is 19.0 Å². The van der Waals surface area contributed by atoms with Gasteiger partial charge in [0.15, 0.2) is 11.6 Å². The molecule has 6 heteroatoms. The molecule has 0 atom stereocenters. The van der Waals surface area contributed by atoms with E-state index in [0.717, 1.165) is 11.4 Å². The quantitative estimate of drug-likeness (QED) is 0.621. The minimum Gasteiger partial charge on any atom is -0.294 e. The summed E-state index contributed by atoms with van der Waals surface area (Å²) in [5.74, 6) is -0.374. The van der Waals surface area contributed by atoms with Gasteiger partial charge in [-0.2, -0.15) is 10.2 Å². The summed E-state index contributed by atoms with van der Waals surface area (Å²) in [7, 11) is 3.56. The third-order valence-electron chi connectivity index (χ3n) is 3.65. The van der Waals surface area contributed by atoms with Gasteiger partial charge in [0.25, 0.3) is 0 Å². The van der Waals surface area contributed by atoms with Crippen molar-refractivity contribution in [3.63, 3.8) is 0 Å². The zero-order chi connectivity index (χ0) is 15.7. The first-order valence-corrected chi connectivity index (χ1v) is 6.94. The topological polar surface area (TPSA) is 69.8 Å². The molecule has 0 aliphatic carbocycles. The molecule has 0 bridgehead atoms. The summed E-state index contributed by atoms with van der Waals surface area (Å²) in [6.45, 7) is 5.56. The van der Waals surface area contributed by atoms with E-state index in [1.54, 1.807) is 36.6 Å². The second-order valence-corrected chi connectivity index (χ2v) is 5.21. The molecule has 112 valence electrons. The molecular formula is C15H20N4O2. The number of nitrogens with zero attached hydrogens (tertiary/aromatic N) is 4. The number of hydrogen-bond donors (Lipinski definition) is 0. The minimum atomic E-state index is -0.187. The molecule has 21 heavy (non-hydrogen) atoms. The average molecular weight is 288 g/mol. The number of rotatable bonds is 5. The van der Waals surface area contributed by atoms with Crippen LogP contribution in [0.2, 0.25) is 0 Å². The van der Waals surface area contributed by atoms with Gasteiger partial charge in [0, 0.05) is 26.0 Å². The number of Topliss-reactive ketones (excluding diaryl/α,β-unsaturated/α-hetero) is 2. The van der Waals surface area contributed by atoms with Crippen LogP contribution in [0.3, 0.4) is 0 Å². The first-order valence-electron chi connectivity index (χ1n) is 6.94. The Kier molecular flexibility index (Phi) is 4.06. The Labute approximate surface area is 123 Å². The molecule has 2 rings (SSSR count). The lowest BCUT2D eigenvalue weighted by Crippen LogP contribution is -2.11. The van der Waals surface area contributed by atoms with Crippen LogP contribution in [0, 0.1) is 13.8 Å². The van der Waals surface area contributed by atoms with E-state index in [1.165, 1.54) is 0 Å². The molecule has 0 aromatic carbocycles. The maximum atomic E-state index is 12.4. The fourth-order valence-corrected chi connectivity index (χ4v) is 2.54. The lowest BCUT2D eigenvalue weighted by Gasteiger charge is -2.02. The van der Waals surface area contributed by atoms with E-state index in [4.69, 9.17) is 0 Å². The van der Waals surface area contributed by atoms with Crippen molar-refractivity contribution in [2.24, 2.45) is 14.1 Å². The summed E-state index contributed by atoms with van der Waals surface area (Å²) in [5.41, 5.74) is 3.26. The summed E-state index contributed by atoms with van der Waals surface area (Å²) in [6.07, 6.45) is 2.20. The third-order valence-corrected chi connectivity index (χ3v) is 3.65. The number of hydrogen-bond acceptors (Lipinski definition) is 4. The average Bonchev–Trinajstić information content (AvgIpc) is 2.90. The van der Waals surface area contributed by atoms with Crippen LogP contribution in [0.4, 0.5) is 0 Å². The van der Waals surface area contributed by atoms with Crippen molar-refractivity contribution in [3.8, 4) is 0 Å². The highest BCUT2D eigenvalue weighted by Gasteiger charge is 2.22. The predicted molar refractivity (Wildman–Crippen MR) is 78.5 cm³/mol. The van der Waals surface area contributed by atoms with Crippen molar-refractivity contribution >= 4 is 11.6 Å². The van der Waals surface area contributed by atoms with Crippen LogP contribution in [0.5, 0.6) is 0 Å². The molecule has 0 aliphatic heterocycles. The molecule has 0 amide bonds. The number of aromatic nitrogens is 4. The molecule has 0 N–H and O–H groups in total. The third kappa shape index (κ3) is 2.79. The maximum Gasteiger partial charge on any atom is 0.174 e. The number of carbonyl (C=O) groups excluding carboxylic acids is 2. The number of ketones is 2. The van der Waals surface area contributed by atoms with E-state index in [0.29, 0.717) is 23.2 Å². The SMILES string of the molecule is CCc1nn(C)cc1C(=O)CC(=O)c1c(C)nn(C)c1C. The van der Waals surface area contributed by atoms with Crippen molar-refractivity contribution < 1.29 is 9.59 Å². The van der Waals surface area contributed by atoms with Gasteiger partial charge in [0.05, 0.1) is 28.9 Å². The predicted octanol–water partition coefficient (Wildman–Crippen LogP) is 1.79. The zero-order valence-corrected chi connectivity index (χ0v) is 13.1. The first kappa shape index (κ1) is 15.2. The summed E-state index contributed by atoms with van der Waals surface area (Å²) in [6, 6.07) is 0. The monoisotopic (exact) mass is 288 g/mol. The molecule has 2 aromatic heterocycles. The normalized spacial score (nSPS) is 10.9. The van der Waals surface area contributed by atoms with Gasteiger partial charge in [0.2, 0.25) is 0 Å². The molecular weight excluding hydrogens is 268 g/mol. The summed E-state index contributed by atoms with van der Waals surface area (Å²) < 4.78 is 3.27. The summed E-state index contributed by atoms with van der Waals surface area (Å²) in [4.78, 5) is 24.7.